The molecule has 8 heteroatoms. The minimum atomic E-state index is -0.851. The van der Waals surface area contributed by atoms with E-state index >= 15 is 0 Å². The molecule has 2 saturated heterocycles. The lowest BCUT2D eigenvalue weighted by molar-refractivity contribution is -0.237. The second-order valence-electron chi connectivity index (χ2n) is 9.86. The summed E-state index contributed by atoms with van der Waals surface area (Å²) in [5.41, 5.74) is -0.246. The van der Waals surface area contributed by atoms with Crippen LogP contribution in [0.15, 0.2) is 33.5 Å². The Balaban J connectivity index is 1.62. The van der Waals surface area contributed by atoms with E-state index in [9.17, 15) is 4.79 Å². The summed E-state index contributed by atoms with van der Waals surface area (Å²) in [5, 5.41) is 0.825. The quantitative estimate of drug-likeness (QED) is 0.499. The average Bonchev–Trinajstić information content (AvgIpc) is 2.96. The maximum atomic E-state index is 12.9. The molecule has 7 nitrogen and oxygen atoms in total. The van der Waals surface area contributed by atoms with Crippen LogP contribution >= 0.6 is 0 Å². The molecule has 2 atom stereocenters. The molecule has 0 unspecified atom stereocenters. The minimum Gasteiger partial charge on any atom is -0.422 e. The predicted molar refractivity (Wildman–Crippen MR) is 125 cm³/mol. The van der Waals surface area contributed by atoms with E-state index in [1.807, 2.05) is 52.8 Å². The summed E-state index contributed by atoms with van der Waals surface area (Å²) in [6.07, 6.45) is -0.261. The molecule has 0 aliphatic carbocycles. The lowest BCUT2D eigenvalue weighted by atomic mass is 9.66. The third-order valence-electron chi connectivity index (χ3n) is 7.12. The second-order valence-corrected chi connectivity index (χ2v) is 9.86. The number of ether oxygens (including phenoxy) is 2. The lowest BCUT2D eigenvalue weighted by Crippen LogP contribution is -2.52. The summed E-state index contributed by atoms with van der Waals surface area (Å²) < 4.78 is 30.3. The third-order valence-corrected chi connectivity index (χ3v) is 7.12. The zero-order chi connectivity index (χ0) is 23.3. The molecule has 0 amide bonds. The molecule has 3 heterocycles. The van der Waals surface area contributed by atoms with Crippen molar-refractivity contribution in [1.29, 1.82) is 0 Å². The van der Waals surface area contributed by atoms with Gasteiger partial charge in [0.2, 0.25) is 0 Å². The first-order chi connectivity index (χ1) is 15.0. The standard InChI is InChI=1S/C24H34BNO6/c1-8-26(9-2)17-11-10-16-14-18(20(27)29-19(16)15-17)21-28-13-12-24(7,30-21)25-31-22(3,4)23(5,6)32-25/h10-11,14-15,21H,8-9,12-13H2,1-7H3/t21-,24+/m0/s1. The smallest absolute Gasteiger partial charge is 0.422 e. The second kappa shape index (κ2) is 8.17. The summed E-state index contributed by atoms with van der Waals surface area (Å²) in [4.78, 5) is 15.1. The van der Waals surface area contributed by atoms with Crippen LogP contribution in [0.2, 0.25) is 0 Å². The number of anilines is 1. The number of fused-ring (bicyclic) bond motifs is 1. The van der Waals surface area contributed by atoms with Crippen molar-refractivity contribution in [3.05, 3.63) is 40.2 Å². The molecule has 2 aliphatic heterocycles. The lowest BCUT2D eigenvalue weighted by Gasteiger charge is -2.39. The third kappa shape index (κ3) is 3.98. The Morgan fingerprint density at radius 1 is 1.03 bits per heavy atom. The van der Waals surface area contributed by atoms with Crippen LogP contribution in [0.3, 0.4) is 0 Å². The molecular formula is C24H34BNO6. The SMILES string of the molecule is CCN(CC)c1ccc2cc([C@H]3OCC[C@](C)(B4OC(C)(C)C(C)(C)O4)O3)c(=O)oc2c1. The van der Waals surface area contributed by atoms with Crippen molar-refractivity contribution in [2.24, 2.45) is 0 Å². The Morgan fingerprint density at radius 2 is 1.69 bits per heavy atom. The van der Waals surface area contributed by atoms with E-state index in [1.54, 1.807) is 6.07 Å². The highest BCUT2D eigenvalue weighted by atomic mass is 16.7. The van der Waals surface area contributed by atoms with Gasteiger partial charge in [-0.15, -0.1) is 0 Å². The first kappa shape index (κ1) is 23.3. The van der Waals surface area contributed by atoms with Crippen LogP contribution in [0.5, 0.6) is 0 Å². The van der Waals surface area contributed by atoms with Crippen LogP contribution in [0.4, 0.5) is 5.69 Å². The zero-order valence-corrected chi connectivity index (χ0v) is 20.2. The van der Waals surface area contributed by atoms with Gasteiger partial charge in [0.25, 0.3) is 0 Å². The Labute approximate surface area is 190 Å². The van der Waals surface area contributed by atoms with Gasteiger partial charge in [-0.25, -0.2) is 4.79 Å². The summed E-state index contributed by atoms with van der Waals surface area (Å²) in [6.45, 7) is 16.4. The fourth-order valence-electron chi connectivity index (χ4n) is 4.19. The molecule has 1 aromatic heterocycles. The predicted octanol–water partition coefficient (Wildman–Crippen LogP) is 4.46. The summed E-state index contributed by atoms with van der Waals surface area (Å²) in [7, 11) is -0.567. The van der Waals surface area contributed by atoms with Gasteiger partial charge in [-0.2, -0.15) is 0 Å². The van der Waals surface area contributed by atoms with Crippen molar-refractivity contribution in [2.75, 3.05) is 24.6 Å². The fraction of sp³-hybridized carbons (Fsp3) is 0.625. The van der Waals surface area contributed by atoms with Crippen LogP contribution in [0.25, 0.3) is 11.0 Å². The molecule has 0 spiro atoms. The van der Waals surface area contributed by atoms with E-state index < -0.39 is 35.7 Å². The number of hydrogen-bond donors (Lipinski definition) is 0. The van der Waals surface area contributed by atoms with Crippen LogP contribution in [-0.2, 0) is 18.8 Å². The Hall–Kier alpha value is -1.87. The van der Waals surface area contributed by atoms with Crippen molar-refractivity contribution in [1.82, 2.24) is 0 Å². The van der Waals surface area contributed by atoms with E-state index in [0.717, 1.165) is 24.2 Å². The van der Waals surface area contributed by atoms with Crippen LogP contribution in [0, 0.1) is 0 Å². The molecule has 174 valence electrons. The van der Waals surface area contributed by atoms with Crippen molar-refractivity contribution >= 4 is 23.8 Å². The minimum absolute atomic E-state index is 0.343. The van der Waals surface area contributed by atoms with Gasteiger partial charge in [-0.3, -0.25) is 0 Å². The Morgan fingerprint density at radius 3 is 2.31 bits per heavy atom. The van der Waals surface area contributed by atoms with Crippen molar-refractivity contribution in [3.63, 3.8) is 0 Å². The van der Waals surface area contributed by atoms with Gasteiger partial charge in [0.15, 0.2) is 6.29 Å². The molecular weight excluding hydrogens is 409 g/mol. The summed E-state index contributed by atoms with van der Waals surface area (Å²) in [6, 6.07) is 7.71. The van der Waals surface area contributed by atoms with Gasteiger partial charge in [-0.05, 0) is 73.1 Å². The van der Waals surface area contributed by atoms with Gasteiger partial charge in [0, 0.05) is 30.2 Å². The molecule has 4 rings (SSSR count). The first-order valence-corrected chi connectivity index (χ1v) is 11.5. The van der Waals surface area contributed by atoms with Crippen LogP contribution in [0.1, 0.15) is 66.7 Å². The number of rotatable bonds is 5. The van der Waals surface area contributed by atoms with E-state index in [-0.39, 0.29) is 0 Å². The first-order valence-electron chi connectivity index (χ1n) is 11.5. The topological polar surface area (TPSA) is 70.4 Å². The maximum Gasteiger partial charge on any atom is 0.492 e. The van der Waals surface area contributed by atoms with Crippen LogP contribution in [-0.4, -0.2) is 43.5 Å². The van der Waals surface area contributed by atoms with E-state index in [2.05, 4.69) is 18.7 Å². The zero-order valence-electron chi connectivity index (χ0n) is 20.2. The van der Waals surface area contributed by atoms with Gasteiger partial charge in [0.1, 0.15) is 11.1 Å². The molecule has 2 aliphatic rings. The Bertz CT molecular complexity index is 1030. The number of hydrogen-bond acceptors (Lipinski definition) is 7. The van der Waals surface area contributed by atoms with E-state index in [4.69, 9.17) is 23.2 Å². The largest absolute Gasteiger partial charge is 0.492 e. The van der Waals surface area contributed by atoms with Crippen molar-refractivity contribution in [2.45, 2.75) is 77.9 Å². The molecule has 2 fully saturated rings. The summed E-state index contributed by atoms with van der Waals surface area (Å²) >= 11 is 0. The van der Waals surface area contributed by atoms with Crippen LogP contribution < -0.4 is 10.5 Å². The maximum absolute atomic E-state index is 12.9. The normalized spacial score (nSPS) is 27.1. The van der Waals surface area contributed by atoms with Gasteiger partial charge < -0.3 is 28.1 Å². The number of benzene rings is 1. The Kier molecular flexibility index (Phi) is 5.95. The molecule has 1 aromatic carbocycles. The van der Waals surface area contributed by atoms with Gasteiger partial charge in [0.05, 0.1) is 23.4 Å². The van der Waals surface area contributed by atoms with Gasteiger partial charge >= 0.3 is 12.7 Å². The summed E-state index contributed by atoms with van der Waals surface area (Å²) in [5.74, 6) is 0. The molecule has 0 N–H and O–H groups in total. The molecule has 0 saturated carbocycles. The average molecular weight is 443 g/mol. The van der Waals surface area contributed by atoms with E-state index in [1.165, 1.54) is 0 Å². The highest BCUT2D eigenvalue weighted by molar-refractivity contribution is 6.49. The highest BCUT2D eigenvalue weighted by Crippen LogP contribution is 2.44. The van der Waals surface area contributed by atoms with Crippen molar-refractivity contribution < 1.29 is 23.2 Å². The molecule has 32 heavy (non-hydrogen) atoms. The number of nitrogens with zero attached hydrogens (tertiary/aromatic N) is 1. The van der Waals surface area contributed by atoms with E-state index in [0.29, 0.717) is 24.2 Å². The van der Waals surface area contributed by atoms with Crippen molar-refractivity contribution in [3.8, 4) is 0 Å². The monoisotopic (exact) mass is 443 g/mol. The molecule has 2 aromatic rings. The highest BCUT2D eigenvalue weighted by Gasteiger charge is 2.60. The fourth-order valence-corrected chi connectivity index (χ4v) is 4.19. The van der Waals surface area contributed by atoms with Gasteiger partial charge in [-0.1, -0.05) is 0 Å². The molecule has 0 radical (unpaired) electrons. The molecule has 0 bridgehead atoms.